The number of aromatic amines is 1. The lowest BCUT2D eigenvalue weighted by Crippen LogP contribution is -2.54. The third kappa shape index (κ3) is 5.43. The molecular formula is C28H31Cl2N7O2. The van der Waals surface area contributed by atoms with E-state index in [0.29, 0.717) is 32.7 Å². The van der Waals surface area contributed by atoms with E-state index in [1.54, 1.807) is 30.3 Å². The van der Waals surface area contributed by atoms with Crippen molar-refractivity contribution in [2.45, 2.75) is 70.6 Å². The molecule has 3 aromatic rings. The van der Waals surface area contributed by atoms with E-state index in [4.69, 9.17) is 28.2 Å². The highest BCUT2D eigenvalue weighted by Crippen LogP contribution is 2.48. The Bertz CT molecular complexity index is 1360. The summed E-state index contributed by atoms with van der Waals surface area (Å²) in [7, 11) is 0. The molecule has 5 rings (SSSR count). The molecule has 1 saturated carbocycles. The van der Waals surface area contributed by atoms with Gasteiger partial charge in [-0.25, -0.2) is 0 Å². The number of hydrogen-bond acceptors (Lipinski definition) is 6. The van der Waals surface area contributed by atoms with Crippen molar-refractivity contribution in [1.82, 2.24) is 30.8 Å². The summed E-state index contributed by atoms with van der Waals surface area (Å²) in [4.78, 5) is 34.1. The van der Waals surface area contributed by atoms with Crippen molar-refractivity contribution in [2.24, 2.45) is 10.9 Å². The van der Waals surface area contributed by atoms with E-state index >= 15 is 0 Å². The molecule has 1 spiro atoms. The van der Waals surface area contributed by atoms with Crippen LogP contribution in [0.2, 0.25) is 10.0 Å². The number of aromatic nitrogens is 4. The summed E-state index contributed by atoms with van der Waals surface area (Å²) in [6, 6.07) is 12.4. The number of nitrogens with zero attached hydrogens (tertiary/aromatic N) is 5. The van der Waals surface area contributed by atoms with E-state index in [2.05, 4.69) is 39.8 Å². The number of nitrogens with one attached hydrogen (secondary N) is 2. The van der Waals surface area contributed by atoms with Gasteiger partial charge in [-0.05, 0) is 67.5 Å². The lowest BCUT2D eigenvalue weighted by Gasteiger charge is -2.47. The monoisotopic (exact) mass is 567 g/mol. The predicted molar refractivity (Wildman–Crippen MR) is 150 cm³/mol. The topological polar surface area (TPSA) is 116 Å². The Kier molecular flexibility index (Phi) is 8.00. The minimum atomic E-state index is -0.639. The number of carbonyl (C=O) groups excluding carboxylic acids is 2. The Morgan fingerprint density at radius 1 is 1.18 bits per heavy atom. The molecule has 1 aliphatic carbocycles. The first kappa shape index (κ1) is 27.3. The maximum Gasteiger partial charge on any atom is 0.275 e. The van der Waals surface area contributed by atoms with Crippen LogP contribution in [0.3, 0.4) is 0 Å². The van der Waals surface area contributed by atoms with Crippen molar-refractivity contribution in [3.8, 4) is 0 Å². The van der Waals surface area contributed by atoms with Crippen LogP contribution < -0.4 is 5.32 Å². The Morgan fingerprint density at radius 3 is 2.56 bits per heavy atom. The van der Waals surface area contributed by atoms with Crippen LogP contribution in [0, 0.1) is 5.92 Å². The highest BCUT2D eigenvalue weighted by atomic mass is 35.5. The van der Waals surface area contributed by atoms with Crippen LogP contribution >= 0.6 is 23.2 Å². The fraction of sp³-hybridized carbons (Fsp3) is 0.429. The quantitative estimate of drug-likeness (QED) is 0.372. The van der Waals surface area contributed by atoms with Crippen molar-refractivity contribution >= 4 is 40.7 Å². The van der Waals surface area contributed by atoms with Crippen molar-refractivity contribution in [2.75, 3.05) is 0 Å². The molecule has 1 aliphatic heterocycles. The first-order valence-electron chi connectivity index (χ1n) is 13.3. The summed E-state index contributed by atoms with van der Waals surface area (Å²) in [6.07, 6.45) is 5.56. The molecule has 3 atom stereocenters. The van der Waals surface area contributed by atoms with E-state index < -0.39 is 5.66 Å². The number of halogens is 2. The van der Waals surface area contributed by atoms with Crippen LogP contribution in [0.15, 0.2) is 47.5 Å². The molecule has 2 heterocycles. The largest absolute Gasteiger partial charge is 0.345 e. The van der Waals surface area contributed by atoms with Gasteiger partial charge in [-0.15, -0.1) is 10.2 Å². The molecule has 2 aromatic carbocycles. The molecule has 2 amide bonds. The van der Waals surface area contributed by atoms with Crippen LogP contribution in [-0.2, 0) is 11.3 Å². The number of benzene rings is 2. The van der Waals surface area contributed by atoms with Gasteiger partial charge in [0.1, 0.15) is 11.4 Å². The molecule has 2 N–H and O–H groups in total. The SMILES string of the molecule is CCC[C@H](c1ccc(C(=O)NCc2nn[nH]n2)cc1)N1C(=O)C(c2cc(Cl)cc(Cl)c2)=NC12CCCCC2C. The van der Waals surface area contributed by atoms with Gasteiger partial charge in [0.05, 0.1) is 12.6 Å². The fourth-order valence-corrected chi connectivity index (χ4v) is 6.33. The van der Waals surface area contributed by atoms with E-state index in [1.165, 1.54) is 0 Å². The van der Waals surface area contributed by atoms with Gasteiger partial charge in [-0.1, -0.05) is 67.2 Å². The van der Waals surface area contributed by atoms with Crippen LogP contribution in [0.1, 0.15) is 85.7 Å². The van der Waals surface area contributed by atoms with Gasteiger partial charge < -0.3 is 10.2 Å². The lowest BCUT2D eigenvalue weighted by molar-refractivity contribution is -0.135. The molecule has 1 aromatic heterocycles. The fourth-order valence-electron chi connectivity index (χ4n) is 5.81. The molecule has 0 saturated heterocycles. The van der Waals surface area contributed by atoms with Crippen molar-refractivity contribution < 1.29 is 9.59 Å². The Labute approximate surface area is 237 Å². The van der Waals surface area contributed by atoms with Gasteiger partial charge in [0, 0.05) is 21.2 Å². The highest BCUT2D eigenvalue weighted by Gasteiger charge is 2.53. The summed E-state index contributed by atoms with van der Waals surface area (Å²) in [5.74, 6) is 0.245. The van der Waals surface area contributed by atoms with Crippen molar-refractivity contribution in [3.63, 3.8) is 0 Å². The summed E-state index contributed by atoms with van der Waals surface area (Å²) >= 11 is 12.6. The number of rotatable bonds is 8. The molecule has 2 unspecified atom stereocenters. The summed E-state index contributed by atoms with van der Waals surface area (Å²) < 4.78 is 0. The minimum absolute atomic E-state index is 0.109. The maximum absolute atomic E-state index is 14.2. The second kappa shape index (κ2) is 11.4. The second-order valence-corrected chi connectivity index (χ2v) is 11.1. The summed E-state index contributed by atoms with van der Waals surface area (Å²) in [6.45, 7) is 4.48. The number of amides is 2. The zero-order chi connectivity index (χ0) is 27.6. The zero-order valence-electron chi connectivity index (χ0n) is 22.0. The maximum atomic E-state index is 14.2. The molecule has 2 aliphatic rings. The molecular weight excluding hydrogens is 537 g/mol. The van der Waals surface area contributed by atoms with E-state index in [9.17, 15) is 9.59 Å². The Balaban J connectivity index is 1.47. The van der Waals surface area contributed by atoms with E-state index in [0.717, 1.165) is 44.1 Å². The van der Waals surface area contributed by atoms with E-state index in [-0.39, 0.29) is 30.3 Å². The van der Waals surface area contributed by atoms with Crippen LogP contribution in [-0.4, -0.2) is 48.7 Å². The van der Waals surface area contributed by atoms with Gasteiger partial charge in [0.15, 0.2) is 5.82 Å². The average molecular weight is 569 g/mol. The number of aliphatic imine (C=N–C) groups is 1. The normalized spacial score (nSPS) is 21.7. The molecule has 1 fully saturated rings. The summed E-state index contributed by atoms with van der Waals surface area (Å²) in [5.41, 5.74) is 1.89. The Morgan fingerprint density at radius 2 is 1.92 bits per heavy atom. The summed E-state index contributed by atoms with van der Waals surface area (Å²) in [5, 5.41) is 17.3. The zero-order valence-corrected chi connectivity index (χ0v) is 23.5. The smallest absolute Gasteiger partial charge is 0.275 e. The molecule has 0 radical (unpaired) electrons. The van der Waals surface area contributed by atoms with Crippen molar-refractivity contribution in [3.05, 3.63) is 75.0 Å². The molecule has 39 heavy (non-hydrogen) atoms. The molecule has 11 heteroatoms. The molecule has 9 nitrogen and oxygen atoms in total. The van der Waals surface area contributed by atoms with Gasteiger partial charge >= 0.3 is 0 Å². The number of tetrazole rings is 1. The van der Waals surface area contributed by atoms with Crippen molar-refractivity contribution in [1.29, 1.82) is 0 Å². The van der Waals surface area contributed by atoms with Crippen LogP contribution in [0.4, 0.5) is 0 Å². The standard InChI is InChI=1S/C28H31Cl2N7O2/c1-3-6-23(18-8-10-19(11-9-18)26(38)31-16-24-33-35-36-34-24)37-27(39)25(20-13-21(29)15-22(30)14-20)32-28(37)12-5-4-7-17(28)2/h8-11,13-15,17,23H,3-7,12,16H2,1-2H3,(H,31,38)(H,33,34,35,36)/t17?,23-,28?/m1/s1. The number of hydrogen-bond donors (Lipinski definition) is 2. The van der Waals surface area contributed by atoms with Gasteiger partial charge in [0.25, 0.3) is 11.8 Å². The van der Waals surface area contributed by atoms with Gasteiger partial charge in [0.2, 0.25) is 0 Å². The molecule has 204 valence electrons. The van der Waals surface area contributed by atoms with Gasteiger partial charge in [-0.2, -0.15) is 5.21 Å². The number of carbonyl (C=O) groups is 2. The first-order valence-corrected chi connectivity index (χ1v) is 14.1. The lowest BCUT2D eigenvalue weighted by atomic mass is 9.78. The number of H-pyrrole nitrogens is 1. The predicted octanol–water partition coefficient (Wildman–Crippen LogP) is 5.52. The Hall–Kier alpha value is -3.30. The highest BCUT2D eigenvalue weighted by molar-refractivity contribution is 6.47. The molecule has 0 bridgehead atoms. The van der Waals surface area contributed by atoms with Crippen LogP contribution in [0.5, 0.6) is 0 Å². The first-order chi connectivity index (χ1) is 18.8. The third-order valence-electron chi connectivity index (χ3n) is 7.73. The van der Waals surface area contributed by atoms with E-state index in [1.807, 2.05) is 17.0 Å². The second-order valence-electron chi connectivity index (χ2n) is 10.3. The minimum Gasteiger partial charge on any atom is -0.345 e. The average Bonchev–Trinajstić information content (AvgIpc) is 3.54. The van der Waals surface area contributed by atoms with Crippen LogP contribution in [0.25, 0.3) is 0 Å². The third-order valence-corrected chi connectivity index (χ3v) is 8.17. The van der Waals surface area contributed by atoms with Gasteiger partial charge in [-0.3, -0.25) is 14.6 Å².